The molecule has 3 N–H and O–H groups in total. The third kappa shape index (κ3) is 2.30. The molecule has 2 rings (SSSR count). The monoisotopic (exact) mass is 224 g/mol. The van der Waals surface area contributed by atoms with Gasteiger partial charge < -0.3 is 11.1 Å². The number of nitrogens with zero attached hydrogens (tertiary/aromatic N) is 2. The van der Waals surface area contributed by atoms with Gasteiger partial charge in [-0.05, 0) is 31.3 Å². The lowest BCUT2D eigenvalue weighted by atomic mass is 10.0. The predicted octanol–water partition coefficient (Wildman–Crippen LogP) is 0.345. The molecule has 0 saturated carbocycles. The van der Waals surface area contributed by atoms with Crippen LogP contribution in [0.3, 0.4) is 0 Å². The van der Waals surface area contributed by atoms with Crippen LogP contribution in [-0.4, -0.2) is 29.3 Å². The molecule has 0 radical (unpaired) electrons. The summed E-state index contributed by atoms with van der Waals surface area (Å²) in [5.41, 5.74) is 9.22. The average Bonchev–Trinajstić information content (AvgIpc) is 2.29. The van der Waals surface area contributed by atoms with Gasteiger partial charge in [0.05, 0.1) is 5.69 Å². The summed E-state index contributed by atoms with van der Waals surface area (Å²) in [5, 5.41) is 4.19. The SMILES string of the molecule is CSc1nc(CCN)c2c(n1)CNCC2. The Bertz CT molecular complexity index is 354. The largest absolute Gasteiger partial charge is 0.330 e. The van der Waals surface area contributed by atoms with Crippen LogP contribution in [0.4, 0.5) is 0 Å². The molecule has 1 aliphatic rings. The molecule has 0 fully saturated rings. The number of hydrogen-bond donors (Lipinski definition) is 2. The molecule has 1 aromatic rings. The third-order valence-electron chi connectivity index (χ3n) is 2.57. The first kappa shape index (κ1) is 10.9. The fourth-order valence-electron chi connectivity index (χ4n) is 1.85. The Labute approximate surface area is 94.1 Å². The van der Waals surface area contributed by atoms with Gasteiger partial charge >= 0.3 is 0 Å². The molecule has 0 bridgehead atoms. The number of nitrogens with two attached hydrogens (primary N) is 1. The molecule has 82 valence electrons. The Balaban J connectivity index is 2.41. The predicted molar refractivity (Wildman–Crippen MR) is 62.0 cm³/mol. The van der Waals surface area contributed by atoms with Crippen molar-refractivity contribution in [2.75, 3.05) is 19.3 Å². The average molecular weight is 224 g/mol. The van der Waals surface area contributed by atoms with Gasteiger partial charge in [-0.25, -0.2) is 9.97 Å². The molecule has 1 aromatic heterocycles. The van der Waals surface area contributed by atoms with E-state index in [0.29, 0.717) is 6.54 Å². The Kier molecular flexibility index (Phi) is 3.56. The van der Waals surface area contributed by atoms with E-state index in [9.17, 15) is 0 Å². The summed E-state index contributed by atoms with van der Waals surface area (Å²) in [5.74, 6) is 0. The van der Waals surface area contributed by atoms with Crippen molar-refractivity contribution >= 4 is 11.8 Å². The normalized spacial score (nSPS) is 15.1. The minimum absolute atomic E-state index is 0.657. The standard InChI is InChI=1S/C10H16N4S/c1-15-10-13-8(2-4-11)7-3-5-12-6-9(7)14-10/h12H,2-6,11H2,1H3. The lowest BCUT2D eigenvalue weighted by Gasteiger charge is -2.19. The van der Waals surface area contributed by atoms with Gasteiger partial charge in [0, 0.05) is 18.7 Å². The molecule has 0 atom stereocenters. The molecule has 1 aliphatic heterocycles. The summed E-state index contributed by atoms with van der Waals surface area (Å²) in [7, 11) is 0. The number of thioether (sulfide) groups is 1. The van der Waals surface area contributed by atoms with Crippen LogP contribution in [0, 0.1) is 0 Å². The molecule has 0 unspecified atom stereocenters. The molecule has 0 amide bonds. The van der Waals surface area contributed by atoms with E-state index in [2.05, 4.69) is 15.3 Å². The summed E-state index contributed by atoms with van der Waals surface area (Å²) < 4.78 is 0. The molecule has 0 saturated heterocycles. The van der Waals surface area contributed by atoms with Gasteiger partial charge in [0.2, 0.25) is 0 Å². The third-order valence-corrected chi connectivity index (χ3v) is 3.11. The number of aromatic nitrogens is 2. The van der Waals surface area contributed by atoms with E-state index in [1.54, 1.807) is 11.8 Å². The smallest absolute Gasteiger partial charge is 0.187 e. The van der Waals surface area contributed by atoms with E-state index >= 15 is 0 Å². The lowest BCUT2D eigenvalue weighted by Crippen LogP contribution is -2.27. The van der Waals surface area contributed by atoms with Gasteiger partial charge in [-0.1, -0.05) is 11.8 Å². The van der Waals surface area contributed by atoms with Gasteiger partial charge in [-0.2, -0.15) is 0 Å². The van der Waals surface area contributed by atoms with Crippen molar-refractivity contribution in [1.29, 1.82) is 0 Å². The van der Waals surface area contributed by atoms with Crippen molar-refractivity contribution in [2.24, 2.45) is 5.73 Å². The first-order valence-corrected chi connectivity index (χ1v) is 6.41. The van der Waals surface area contributed by atoms with Crippen molar-refractivity contribution in [1.82, 2.24) is 15.3 Å². The second kappa shape index (κ2) is 4.92. The summed E-state index contributed by atoms with van der Waals surface area (Å²) in [6.07, 6.45) is 3.89. The Hall–Kier alpha value is -0.650. The van der Waals surface area contributed by atoms with Gasteiger partial charge in [0.15, 0.2) is 5.16 Å². The van der Waals surface area contributed by atoms with Gasteiger partial charge in [-0.3, -0.25) is 0 Å². The van der Waals surface area contributed by atoms with E-state index in [1.807, 2.05) is 6.26 Å². The molecule has 0 aromatic carbocycles. The first-order chi connectivity index (χ1) is 7.35. The van der Waals surface area contributed by atoms with Crippen molar-refractivity contribution in [3.8, 4) is 0 Å². The molecular formula is C10H16N4S. The van der Waals surface area contributed by atoms with Crippen LogP contribution in [0.15, 0.2) is 5.16 Å². The van der Waals surface area contributed by atoms with Crippen LogP contribution < -0.4 is 11.1 Å². The molecular weight excluding hydrogens is 208 g/mol. The molecule has 5 heteroatoms. The minimum atomic E-state index is 0.657. The number of fused-ring (bicyclic) bond motifs is 1. The summed E-state index contributed by atoms with van der Waals surface area (Å²) in [6.45, 7) is 2.54. The van der Waals surface area contributed by atoms with Crippen LogP contribution in [0.5, 0.6) is 0 Å². The Morgan fingerprint density at radius 1 is 1.47 bits per heavy atom. The molecule has 15 heavy (non-hydrogen) atoms. The lowest BCUT2D eigenvalue weighted by molar-refractivity contribution is 0.602. The second-order valence-corrected chi connectivity index (χ2v) is 4.32. The van der Waals surface area contributed by atoms with Crippen molar-refractivity contribution in [3.05, 3.63) is 17.0 Å². The van der Waals surface area contributed by atoms with Crippen LogP contribution in [0.25, 0.3) is 0 Å². The van der Waals surface area contributed by atoms with Crippen LogP contribution >= 0.6 is 11.8 Å². The van der Waals surface area contributed by atoms with Gasteiger partial charge in [0.1, 0.15) is 0 Å². The highest BCUT2D eigenvalue weighted by atomic mass is 32.2. The Morgan fingerprint density at radius 3 is 3.07 bits per heavy atom. The first-order valence-electron chi connectivity index (χ1n) is 5.18. The topological polar surface area (TPSA) is 63.8 Å². The molecule has 0 spiro atoms. The fourth-order valence-corrected chi connectivity index (χ4v) is 2.25. The summed E-state index contributed by atoms with van der Waals surface area (Å²) in [6, 6.07) is 0. The maximum atomic E-state index is 5.60. The highest BCUT2D eigenvalue weighted by molar-refractivity contribution is 7.98. The van der Waals surface area contributed by atoms with E-state index in [0.717, 1.165) is 42.5 Å². The zero-order chi connectivity index (χ0) is 10.7. The molecule has 4 nitrogen and oxygen atoms in total. The van der Waals surface area contributed by atoms with E-state index in [1.165, 1.54) is 5.56 Å². The van der Waals surface area contributed by atoms with Crippen LogP contribution in [-0.2, 0) is 19.4 Å². The van der Waals surface area contributed by atoms with E-state index in [4.69, 9.17) is 5.73 Å². The van der Waals surface area contributed by atoms with Crippen molar-refractivity contribution in [3.63, 3.8) is 0 Å². The van der Waals surface area contributed by atoms with Crippen LogP contribution in [0.2, 0.25) is 0 Å². The summed E-state index contributed by atoms with van der Waals surface area (Å²) >= 11 is 1.59. The van der Waals surface area contributed by atoms with Gasteiger partial charge in [-0.15, -0.1) is 0 Å². The zero-order valence-electron chi connectivity index (χ0n) is 8.92. The number of nitrogens with one attached hydrogen (secondary N) is 1. The maximum absolute atomic E-state index is 5.60. The molecule has 0 aliphatic carbocycles. The van der Waals surface area contributed by atoms with Gasteiger partial charge in [0.25, 0.3) is 0 Å². The second-order valence-electron chi connectivity index (χ2n) is 3.55. The van der Waals surface area contributed by atoms with E-state index in [-0.39, 0.29) is 0 Å². The van der Waals surface area contributed by atoms with Crippen molar-refractivity contribution < 1.29 is 0 Å². The Morgan fingerprint density at radius 2 is 2.33 bits per heavy atom. The fraction of sp³-hybridized carbons (Fsp3) is 0.600. The van der Waals surface area contributed by atoms with E-state index < -0.39 is 0 Å². The number of rotatable bonds is 3. The molecule has 2 heterocycles. The number of hydrogen-bond acceptors (Lipinski definition) is 5. The maximum Gasteiger partial charge on any atom is 0.187 e. The minimum Gasteiger partial charge on any atom is -0.330 e. The zero-order valence-corrected chi connectivity index (χ0v) is 9.73. The highest BCUT2D eigenvalue weighted by Gasteiger charge is 2.16. The highest BCUT2D eigenvalue weighted by Crippen LogP contribution is 2.19. The van der Waals surface area contributed by atoms with Crippen LogP contribution in [0.1, 0.15) is 17.0 Å². The quantitative estimate of drug-likeness (QED) is 0.573. The summed E-state index contributed by atoms with van der Waals surface area (Å²) in [4.78, 5) is 9.06. The van der Waals surface area contributed by atoms with Crippen molar-refractivity contribution in [2.45, 2.75) is 24.5 Å².